The van der Waals surface area contributed by atoms with Crippen molar-refractivity contribution in [3.63, 3.8) is 0 Å². The minimum Gasteiger partial charge on any atom is -0.759 e. The van der Waals surface area contributed by atoms with Crippen LogP contribution in [-0.2, 0) is 10.4 Å². The first-order valence-electron chi connectivity index (χ1n) is 1.98. The van der Waals surface area contributed by atoms with Crippen molar-refractivity contribution in [3.05, 3.63) is 0 Å². The van der Waals surface area contributed by atoms with Crippen molar-refractivity contribution in [2.45, 2.75) is 13.4 Å². The average molecular weight is 250 g/mol. The van der Waals surface area contributed by atoms with E-state index in [2.05, 4.69) is 0 Å². The molecule has 0 aromatic rings. The summed E-state index contributed by atoms with van der Waals surface area (Å²) in [5, 5.41) is 0. The number of hydrogen-bond acceptors (Lipinski definition) is 4. The quantitative estimate of drug-likeness (QED) is 0.187. The second-order valence-corrected chi connectivity index (χ2v) is 1.72. The number of alkyl halides is 6. The Labute approximate surface area is 105 Å². The molecule has 15 heavy (non-hydrogen) atoms. The maximum atomic E-state index is 9.67. The molecule has 13 heteroatoms. The number of rotatable bonds is 0. The summed E-state index contributed by atoms with van der Waals surface area (Å²) in [5.74, 6) is 0. The average Bonchev–Trinajstić information content (AvgIpc) is 1.50. The zero-order valence-corrected chi connectivity index (χ0v) is 8.28. The summed E-state index contributed by atoms with van der Waals surface area (Å²) in [6, 6.07) is 0. The summed E-state index contributed by atoms with van der Waals surface area (Å²) in [5.41, 5.74) is 0. The fourth-order valence-corrected chi connectivity index (χ4v) is 0. The molecule has 4 nitrogen and oxygen atoms in total. The Kier molecular flexibility index (Phi) is 33.7. The molecule has 0 aliphatic rings. The maximum Gasteiger partial charge on any atom is 1.00 e. The second-order valence-electron chi connectivity index (χ2n) is 0.903. The van der Waals surface area contributed by atoms with Gasteiger partial charge in [-0.15, -0.1) is 0 Å². The molecule has 0 unspecified atom stereocenters. The zero-order chi connectivity index (χ0) is 11.7. The van der Waals surface area contributed by atoms with Crippen LogP contribution in [0.25, 0.3) is 0 Å². The van der Waals surface area contributed by atoms with Crippen LogP contribution in [0.15, 0.2) is 0 Å². The van der Waals surface area contributed by atoms with Gasteiger partial charge in [-0.2, -0.15) is 26.3 Å². The van der Waals surface area contributed by atoms with Crippen LogP contribution in [0, 0.1) is 0 Å². The van der Waals surface area contributed by atoms with Gasteiger partial charge in [-0.1, -0.05) is 0 Å². The first-order valence-corrected chi connectivity index (χ1v) is 3.31. The summed E-state index contributed by atoms with van der Waals surface area (Å²) in [4.78, 5) is 0. The molecular weight excluding hydrogens is 248 g/mol. The fourth-order valence-electron chi connectivity index (χ4n) is 0. The van der Waals surface area contributed by atoms with E-state index >= 15 is 0 Å². The van der Waals surface area contributed by atoms with E-state index in [1.54, 1.807) is 0 Å². The summed E-state index contributed by atoms with van der Waals surface area (Å²) in [6.07, 6.45) is 0. The molecule has 0 N–H and O–H groups in total. The van der Waals surface area contributed by atoms with Gasteiger partial charge in [-0.05, 0) is 0 Å². The van der Waals surface area contributed by atoms with Crippen LogP contribution < -0.4 is 37.7 Å². The van der Waals surface area contributed by atoms with Gasteiger partial charge in [0.15, 0.2) is 0 Å². The van der Waals surface area contributed by atoms with Crippen LogP contribution in [0.5, 0.6) is 0 Å². The van der Waals surface area contributed by atoms with Crippen LogP contribution in [0.4, 0.5) is 26.3 Å². The van der Waals surface area contributed by atoms with Crippen LogP contribution in [-0.4, -0.2) is 30.9 Å². The smallest absolute Gasteiger partial charge is 0.759 e. The van der Waals surface area contributed by atoms with E-state index < -0.39 is 23.8 Å². The van der Waals surface area contributed by atoms with Crippen molar-refractivity contribution in [2.75, 3.05) is 0 Å². The van der Waals surface area contributed by atoms with Crippen LogP contribution in [0.3, 0.4) is 0 Å². The Morgan fingerprint density at radius 2 is 0.733 bits per heavy atom. The van der Waals surface area contributed by atoms with Crippen LogP contribution >= 0.6 is 0 Å². The molecule has 0 aromatic carbocycles. The third kappa shape index (κ3) is 5630. The van der Waals surface area contributed by atoms with Crippen LogP contribution in [0.2, 0.25) is 0 Å². The molecular formula is C2H2F6Li2O4S. The zero-order valence-electron chi connectivity index (χ0n) is 7.46. The molecule has 0 saturated heterocycles. The van der Waals surface area contributed by atoms with Gasteiger partial charge < -0.3 is 9.11 Å². The van der Waals surface area contributed by atoms with Crippen molar-refractivity contribution in [3.8, 4) is 0 Å². The van der Waals surface area contributed by atoms with Crippen molar-refractivity contribution in [1.29, 1.82) is 0 Å². The predicted molar refractivity (Wildman–Crippen MR) is 24.7 cm³/mol. The van der Waals surface area contributed by atoms with Crippen molar-refractivity contribution in [2.24, 2.45) is 0 Å². The molecule has 0 aliphatic carbocycles. The molecule has 0 saturated carbocycles. The Hall–Kier alpha value is 0.645. The Morgan fingerprint density at radius 3 is 0.733 bits per heavy atom. The van der Waals surface area contributed by atoms with E-state index in [0.717, 1.165) is 0 Å². The second kappa shape index (κ2) is 17.1. The van der Waals surface area contributed by atoms with Gasteiger partial charge in [0.2, 0.25) is 0 Å². The van der Waals surface area contributed by atoms with Crippen molar-refractivity contribution < 1.29 is 81.6 Å². The molecule has 0 aliphatic heterocycles. The van der Waals surface area contributed by atoms with Gasteiger partial charge in [0.05, 0.1) is 0 Å². The monoisotopic (exact) mass is 250 g/mol. The molecule has 0 atom stereocenters. The molecule has 0 bridgehead atoms. The molecule has 0 spiro atoms. The van der Waals surface area contributed by atoms with Gasteiger partial charge in [-0.3, -0.25) is 8.42 Å². The van der Waals surface area contributed by atoms with Gasteiger partial charge in [0, 0.05) is 10.4 Å². The summed E-state index contributed by atoms with van der Waals surface area (Å²) in [7, 11) is -5.17. The van der Waals surface area contributed by atoms with E-state index in [0.29, 0.717) is 0 Å². The third-order valence-corrected chi connectivity index (χ3v) is 0. The Bertz CT molecular complexity index is 166. The Morgan fingerprint density at radius 1 is 0.733 bits per heavy atom. The molecule has 0 heterocycles. The number of hydrogen-bond donors (Lipinski definition) is 0. The molecule has 0 aromatic heterocycles. The summed E-state index contributed by atoms with van der Waals surface area (Å²) in [6.45, 7) is -7.33. The molecule has 84 valence electrons. The summed E-state index contributed by atoms with van der Waals surface area (Å²) < 4.78 is 92.1. The first kappa shape index (κ1) is 29.6. The van der Waals surface area contributed by atoms with Crippen LogP contribution in [0.1, 0.15) is 0 Å². The predicted octanol–water partition coefficient (Wildman–Crippen LogP) is -4.97. The molecule has 0 amide bonds. The number of halogens is 6. The SMILES string of the molecule is FC(F)F.FC(F)F.O=S(=O)([O-])[O-].[Li+].[Li+]. The normalized spacial score (nSPS) is 8.67. The van der Waals surface area contributed by atoms with Crippen molar-refractivity contribution >= 4 is 10.4 Å². The van der Waals surface area contributed by atoms with E-state index in [1.165, 1.54) is 0 Å². The maximum absolute atomic E-state index is 9.67. The van der Waals surface area contributed by atoms with E-state index in [1.807, 2.05) is 0 Å². The van der Waals surface area contributed by atoms with E-state index in [9.17, 15) is 26.3 Å². The minimum absolute atomic E-state index is 0. The third-order valence-electron chi connectivity index (χ3n) is 0. The minimum atomic E-state index is -5.17. The molecule has 0 fully saturated rings. The fraction of sp³-hybridized carbons (Fsp3) is 1.00. The topological polar surface area (TPSA) is 80.3 Å². The standard InChI is InChI=1S/2CHF3.2Li.H2O4S/c2*2-1(3)4;;;1-5(2,3)4/h2*1H;;;(H2,1,2,3,4)/q;;2*+1;/p-2. The largest absolute Gasteiger partial charge is 1.00 e. The van der Waals surface area contributed by atoms with Crippen molar-refractivity contribution in [1.82, 2.24) is 0 Å². The summed E-state index contributed by atoms with van der Waals surface area (Å²) >= 11 is 0. The van der Waals surface area contributed by atoms with E-state index in [-0.39, 0.29) is 37.7 Å². The molecule has 0 radical (unpaired) electrons. The van der Waals surface area contributed by atoms with E-state index in [4.69, 9.17) is 17.5 Å². The van der Waals surface area contributed by atoms with Gasteiger partial charge in [0.25, 0.3) is 0 Å². The van der Waals surface area contributed by atoms with Gasteiger partial charge >= 0.3 is 51.1 Å². The first-order chi connectivity index (χ1) is 5.46. The van der Waals surface area contributed by atoms with Gasteiger partial charge in [-0.25, -0.2) is 0 Å². The van der Waals surface area contributed by atoms with Gasteiger partial charge in [0.1, 0.15) is 0 Å². The molecule has 0 rings (SSSR count). The Balaban J connectivity index is -0.0000000315.